The van der Waals surface area contributed by atoms with Gasteiger partial charge in [-0.2, -0.15) is 0 Å². The summed E-state index contributed by atoms with van der Waals surface area (Å²) in [5, 5.41) is 8.60. The van der Waals surface area contributed by atoms with Gasteiger partial charge in [0.15, 0.2) is 0 Å². The SMILES string of the molecule is C=CC(=O)N1CC[C@H](C(=O)N(C)[C@H](C(=O)N[C@H]2Cc3nc(cs3)-c3ccc4c(c3)c(c(/C(C=C)=C(/N=CC)[C@H](C)OC)n4CC)CC(C)(C)C/C=C/[C@@H]3CCCN(N3)C2=O)C(C)C)C1. The van der Waals surface area contributed by atoms with Crippen molar-refractivity contribution in [2.24, 2.45) is 22.2 Å². The normalized spacial score (nSPS) is 22.2. The van der Waals surface area contributed by atoms with Gasteiger partial charge in [-0.25, -0.2) is 10.4 Å². The topological polar surface area (TPSA) is 141 Å². The first-order valence-electron chi connectivity index (χ1n) is 22.8. The minimum atomic E-state index is -0.953. The molecule has 14 heteroatoms. The summed E-state index contributed by atoms with van der Waals surface area (Å²) in [6.45, 7) is 24.3. The smallest absolute Gasteiger partial charge is 0.259 e. The number of nitrogens with one attached hydrogen (secondary N) is 2. The van der Waals surface area contributed by atoms with Gasteiger partial charge in [0.1, 0.15) is 12.1 Å². The number of hydrazine groups is 1. The molecule has 2 fully saturated rings. The van der Waals surface area contributed by atoms with E-state index >= 15 is 0 Å². The Balaban J connectivity index is 1.41. The second-order valence-corrected chi connectivity index (χ2v) is 19.4. The number of hydrogen-bond acceptors (Lipinski definition) is 9. The fourth-order valence-electron chi connectivity index (χ4n) is 9.58. The Morgan fingerprint density at radius 2 is 1.92 bits per heavy atom. The lowest BCUT2D eigenvalue weighted by molar-refractivity contribution is -0.146. The molecule has 2 N–H and O–H groups in total. The Hall–Kier alpha value is -5.18. The minimum Gasteiger partial charge on any atom is -0.375 e. The second-order valence-electron chi connectivity index (χ2n) is 18.4. The van der Waals surface area contributed by atoms with Crippen LogP contribution < -0.4 is 10.7 Å². The molecule has 5 atom stereocenters. The van der Waals surface area contributed by atoms with Crippen LogP contribution in [0.2, 0.25) is 0 Å². The van der Waals surface area contributed by atoms with Gasteiger partial charge in [0.2, 0.25) is 17.7 Å². The first kappa shape index (κ1) is 48.3. The third-order valence-electron chi connectivity index (χ3n) is 12.9. The summed E-state index contributed by atoms with van der Waals surface area (Å²) in [5.41, 5.74) is 10.2. The van der Waals surface area contributed by atoms with Crippen molar-refractivity contribution >= 4 is 57.7 Å². The molecule has 5 heterocycles. The highest BCUT2D eigenvalue weighted by molar-refractivity contribution is 7.10. The molecular formula is C50H68N8O5S. The van der Waals surface area contributed by atoms with Crippen LogP contribution in [-0.4, -0.2) is 112 Å². The molecule has 64 heavy (non-hydrogen) atoms. The average Bonchev–Trinajstić information content (AvgIpc) is 4.03. The number of methoxy groups -OCH3 is 1. The molecule has 344 valence electrons. The number of amides is 4. The number of aryl methyl sites for hydroxylation is 1. The highest BCUT2D eigenvalue weighted by Gasteiger charge is 2.39. The summed E-state index contributed by atoms with van der Waals surface area (Å²) >= 11 is 1.46. The number of nitrogens with zero attached hydrogens (tertiary/aromatic N) is 6. The van der Waals surface area contributed by atoms with Gasteiger partial charge in [-0.1, -0.05) is 65.1 Å². The molecule has 0 aliphatic carbocycles. The number of aromatic nitrogens is 2. The number of thiazole rings is 1. The molecule has 3 aromatic rings. The number of hydrogen-bond donors (Lipinski definition) is 2. The van der Waals surface area contributed by atoms with E-state index in [4.69, 9.17) is 14.7 Å². The number of carbonyl (C=O) groups is 4. The third kappa shape index (κ3) is 10.3. The summed E-state index contributed by atoms with van der Waals surface area (Å²) in [6, 6.07) is 4.63. The Bertz CT molecular complexity index is 2340. The van der Waals surface area contributed by atoms with E-state index in [1.54, 1.807) is 30.3 Å². The summed E-state index contributed by atoms with van der Waals surface area (Å²) < 4.78 is 8.21. The number of likely N-dealkylation sites (N-methyl/N-ethyl adjacent to an activating group) is 1. The number of likely N-dealkylation sites (tertiary alicyclic amines) is 1. The van der Waals surface area contributed by atoms with Crippen LogP contribution in [0.15, 0.2) is 71.7 Å². The molecule has 0 radical (unpaired) electrons. The highest BCUT2D eigenvalue weighted by Crippen LogP contribution is 2.41. The van der Waals surface area contributed by atoms with Gasteiger partial charge >= 0.3 is 0 Å². The van der Waals surface area contributed by atoms with Crippen LogP contribution >= 0.6 is 11.3 Å². The summed E-state index contributed by atoms with van der Waals surface area (Å²) in [6.07, 6.45) is 13.0. The maximum atomic E-state index is 14.6. The van der Waals surface area contributed by atoms with Gasteiger partial charge in [0.25, 0.3) is 5.91 Å². The molecule has 2 saturated heterocycles. The number of carbonyl (C=O) groups excluding carboxylic acids is 4. The van der Waals surface area contributed by atoms with E-state index in [0.29, 0.717) is 24.5 Å². The molecule has 0 spiro atoms. The quantitative estimate of drug-likeness (QED) is 0.0838. The molecule has 3 aliphatic heterocycles. The molecule has 1 aromatic carbocycles. The monoisotopic (exact) mass is 893 g/mol. The number of ether oxygens (including phenoxy) is 1. The van der Waals surface area contributed by atoms with E-state index in [9.17, 15) is 19.2 Å². The Morgan fingerprint density at radius 1 is 1.16 bits per heavy atom. The maximum Gasteiger partial charge on any atom is 0.259 e. The fourth-order valence-corrected chi connectivity index (χ4v) is 10.4. The number of allylic oxidation sites excluding steroid dienone is 3. The van der Waals surface area contributed by atoms with E-state index in [-0.39, 0.29) is 54.2 Å². The zero-order valence-electron chi connectivity index (χ0n) is 39.3. The second kappa shape index (κ2) is 20.8. The Labute approximate surface area is 383 Å². The van der Waals surface area contributed by atoms with Crippen molar-refractivity contribution in [3.63, 3.8) is 0 Å². The first-order chi connectivity index (χ1) is 30.6. The summed E-state index contributed by atoms with van der Waals surface area (Å²) in [4.78, 5) is 68.3. The van der Waals surface area contributed by atoms with Gasteiger partial charge in [-0.3, -0.25) is 29.2 Å². The number of rotatable bonds is 12. The molecule has 2 aromatic heterocycles. The van der Waals surface area contributed by atoms with Crippen LogP contribution in [0.25, 0.3) is 27.7 Å². The van der Waals surface area contributed by atoms with Crippen LogP contribution in [0.5, 0.6) is 0 Å². The van der Waals surface area contributed by atoms with Crippen molar-refractivity contribution in [1.29, 1.82) is 0 Å². The molecular weight excluding hydrogens is 825 g/mol. The van der Waals surface area contributed by atoms with Gasteiger partial charge in [-0.15, -0.1) is 11.3 Å². The molecule has 0 saturated carbocycles. The molecule has 6 bridgehead atoms. The van der Waals surface area contributed by atoms with Crippen LogP contribution in [0.3, 0.4) is 0 Å². The Kier molecular flexibility index (Phi) is 15.7. The number of benzene rings is 1. The van der Waals surface area contributed by atoms with Crippen LogP contribution in [0.1, 0.15) is 90.4 Å². The lowest BCUT2D eigenvalue weighted by Crippen LogP contribution is -2.61. The van der Waals surface area contributed by atoms with Crippen molar-refractivity contribution in [2.75, 3.05) is 33.8 Å². The lowest BCUT2D eigenvalue weighted by Gasteiger charge is -2.36. The van der Waals surface area contributed by atoms with E-state index < -0.39 is 23.9 Å². The average molecular weight is 893 g/mol. The molecule has 0 unspecified atom stereocenters. The van der Waals surface area contributed by atoms with E-state index in [2.05, 4.69) is 79.6 Å². The van der Waals surface area contributed by atoms with Crippen molar-refractivity contribution in [2.45, 2.75) is 118 Å². The summed E-state index contributed by atoms with van der Waals surface area (Å²) in [7, 11) is 3.34. The van der Waals surface area contributed by atoms with E-state index in [1.165, 1.54) is 27.9 Å². The minimum absolute atomic E-state index is 0.0817. The molecule has 6 rings (SSSR count). The van der Waals surface area contributed by atoms with Gasteiger partial charge in [0, 0.05) is 86.4 Å². The first-order valence-corrected chi connectivity index (χ1v) is 23.6. The predicted octanol–water partition coefficient (Wildman–Crippen LogP) is 7.38. The third-order valence-corrected chi connectivity index (χ3v) is 13.8. The van der Waals surface area contributed by atoms with Gasteiger partial charge in [-0.05, 0) is 88.0 Å². The lowest BCUT2D eigenvalue weighted by atomic mass is 9.80. The zero-order chi connectivity index (χ0) is 46.5. The van der Waals surface area contributed by atoms with Crippen molar-refractivity contribution in [3.8, 4) is 11.3 Å². The van der Waals surface area contributed by atoms with E-state index in [0.717, 1.165) is 71.4 Å². The standard InChI is InChI=1S/C50H68N8O5S/c1-12-36(44(51-14-3)32(7)63-11)46-38-28-50(8,9)23-16-18-35-19-17-24-58(54-35)49(62)39(27-42-52-40(30-64-42)33-20-21-41(37(38)26-33)57(46)15-4)53-47(60)45(31(5)6)55(10)48(61)34-22-25-56(29-34)43(59)13-2/h12-14,16,18,20-21,26,30-32,34-35,39,45,54H,1-2,15,17,19,22-25,27-29H2,3-11H3,(H,53,60)/b18-16+,44-36+,51-14?/t32-,34-,35+,39-,45-/m0/s1. The van der Waals surface area contributed by atoms with Gasteiger partial charge < -0.3 is 24.4 Å². The predicted molar refractivity (Wildman–Crippen MR) is 258 cm³/mol. The van der Waals surface area contributed by atoms with Gasteiger partial charge in [0.05, 0.1) is 34.1 Å². The summed E-state index contributed by atoms with van der Waals surface area (Å²) in [5.74, 6) is -1.78. The van der Waals surface area contributed by atoms with Crippen LogP contribution in [0.4, 0.5) is 0 Å². The fraction of sp³-hybridized carbons (Fsp3) is 0.520. The van der Waals surface area contributed by atoms with E-state index in [1.807, 2.05) is 39.2 Å². The van der Waals surface area contributed by atoms with Crippen molar-refractivity contribution < 1.29 is 23.9 Å². The number of aliphatic imine (C=N–C) groups is 1. The van der Waals surface area contributed by atoms with Crippen molar-refractivity contribution in [1.82, 2.24) is 35.1 Å². The van der Waals surface area contributed by atoms with Crippen LogP contribution in [0, 0.1) is 17.3 Å². The largest absolute Gasteiger partial charge is 0.375 e. The number of fused-ring (bicyclic) bond motifs is 6. The molecule has 4 amide bonds. The highest BCUT2D eigenvalue weighted by atomic mass is 32.1. The molecule has 3 aliphatic rings. The maximum absolute atomic E-state index is 14.6. The van der Waals surface area contributed by atoms with Crippen LogP contribution in [-0.2, 0) is 43.3 Å². The molecule has 13 nitrogen and oxygen atoms in total. The Morgan fingerprint density at radius 3 is 2.59 bits per heavy atom. The van der Waals surface area contributed by atoms with Crippen molar-refractivity contribution in [3.05, 3.63) is 83.0 Å². The zero-order valence-corrected chi connectivity index (χ0v) is 40.1.